The van der Waals surface area contributed by atoms with Crippen molar-refractivity contribution >= 4 is 28.4 Å². The monoisotopic (exact) mass is 713 g/mol. The van der Waals surface area contributed by atoms with Crippen LogP contribution in [0.5, 0.6) is 6.01 Å². The lowest BCUT2D eigenvalue weighted by atomic mass is 9.95. The molecule has 16 heteroatoms. The van der Waals surface area contributed by atoms with Gasteiger partial charge in [-0.15, -0.1) is 0 Å². The van der Waals surface area contributed by atoms with E-state index in [2.05, 4.69) is 24.8 Å². The first kappa shape index (κ1) is 35.3. The molecule has 4 aliphatic heterocycles. The molecular weight excluding hydrogens is 670 g/mol. The Balaban J connectivity index is 1.21. The van der Waals surface area contributed by atoms with Gasteiger partial charge in [-0.05, 0) is 63.7 Å². The number of hydrogen-bond donors (Lipinski definition) is 1. The molecule has 3 aromatic rings. The molecule has 7 heterocycles. The summed E-state index contributed by atoms with van der Waals surface area (Å²) >= 11 is 0. The quantitative estimate of drug-likeness (QED) is 0.255. The van der Waals surface area contributed by atoms with Gasteiger partial charge in [0.1, 0.15) is 35.1 Å². The maximum absolute atomic E-state index is 16.6. The Morgan fingerprint density at radius 2 is 1.86 bits per heavy atom. The van der Waals surface area contributed by atoms with Gasteiger partial charge in [0.2, 0.25) is 5.91 Å². The minimum atomic E-state index is -4.84. The molecule has 7 rings (SSSR count). The highest BCUT2D eigenvalue weighted by atomic mass is 19.4. The number of carbonyl (C=O) groups excluding carboxylic acids is 1. The molecule has 1 amide bonds. The van der Waals surface area contributed by atoms with Crippen LogP contribution in [0.4, 0.5) is 29.2 Å². The van der Waals surface area contributed by atoms with Crippen LogP contribution in [0.15, 0.2) is 24.4 Å². The largest absolute Gasteiger partial charge is 0.461 e. The number of halogens is 4. The number of aryl methyl sites for hydroxylation is 1. The number of nitrogens with zero attached hydrogens (tertiary/aromatic N) is 8. The lowest BCUT2D eigenvalue weighted by molar-refractivity contribution is -0.137. The number of aromatic nitrogens is 4. The molecule has 3 aromatic heterocycles. The smallest absolute Gasteiger partial charge is 0.418 e. The number of nitrogen functional groups attached to an aromatic ring is 1. The lowest BCUT2D eigenvalue weighted by Gasteiger charge is -2.31. The Kier molecular flexibility index (Phi) is 9.76. The van der Waals surface area contributed by atoms with Crippen molar-refractivity contribution in [1.82, 2.24) is 34.6 Å². The van der Waals surface area contributed by atoms with Gasteiger partial charge in [-0.3, -0.25) is 19.6 Å². The van der Waals surface area contributed by atoms with Gasteiger partial charge in [0.25, 0.3) is 0 Å². The highest BCUT2D eigenvalue weighted by Gasteiger charge is 2.45. The van der Waals surface area contributed by atoms with Crippen molar-refractivity contribution < 1.29 is 31.8 Å². The summed E-state index contributed by atoms with van der Waals surface area (Å²) in [7, 11) is 1.79. The molecule has 274 valence electrons. The number of amides is 1. The second-order valence-corrected chi connectivity index (χ2v) is 14.0. The molecule has 0 radical (unpaired) electrons. The predicted molar refractivity (Wildman–Crippen MR) is 183 cm³/mol. The Hall–Kier alpha value is -4.15. The van der Waals surface area contributed by atoms with Crippen molar-refractivity contribution in [2.24, 2.45) is 0 Å². The van der Waals surface area contributed by atoms with Crippen molar-refractivity contribution in [1.29, 1.82) is 0 Å². The van der Waals surface area contributed by atoms with Crippen molar-refractivity contribution in [2.75, 3.05) is 83.3 Å². The summed E-state index contributed by atoms with van der Waals surface area (Å²) in [5.74, 6) is -1.09. The molecule has 4 aliphatic rings. The van der Waals surface area contributed by atoms with E-state index in [0.29, 0.717) is 51.7 Å². The number of carbonyl (C=O) groups is 1. The fourth-order valence-electron chi connectivity index (χ4n) is 8.03. The normalized spacial score (nSPS) is 21.2. The predicted octanol–water partition coefficient (Wildman–Crippen LogP) is 4.07. The summed E-state index contributed by atoms with van der Waals surface area (Å²) in [5, 5.41) is 0.192. The molecule has 0 spiro atoms. The van der Waals surface area contributed by atoms with Gasteiger partial charge in [0.15, 0.2) is 5.82 Å². The van der Waals surface area contributed by atoms with Crippen LogP contribution in [-0.4, -0.2) is 125 Å². The number of hydrogen-bond acceptors (Lipinski definition) is 11. The first-order valence-corrected chi connectivity index (χ1v) is 17.5. The van der Waals surface area contributed by atoms with E-state index in [-0.39, 0.29) is 45.8 Å². The molecule has 1 unspecified atom stereocenters. The Morgan fingerprint density at radius 1 is 1.12 bits per heavy atom. The van der Waals surface area contributed by atoms with Crippen molar-refractivity contribution in [3.05, 3.63) is 41.4 Å². The van der Waals surface area contributed by atoms with Gasteiger partial charge in [-0.25, -0.2) is 9.37 Å². The zero-order valence-electron chi connectivity index (χ0n) is 28.9. The number of ether oxygens (including phenoxy) is 2. The van der Waals surface area contributed by atoms with Crippen LogP contribution in [0, 0.1) is 12.7 Å². The minimum absolute atomic E-state index is 0.0849. The fraction of sp³-hybridized carbons (Fsp3) is 0.571. The molecular formula is C35H43F4N9O3. The van der Waals surface area contributed by atoms with Gasteiger partial charge >= 0.3 is 12.2 Å². The summed E-state index contributed by atoms with van der Waals surface area (Å²) in [6.45, 7) is 8.08. The molecule has 4 saturated heterocycles. The lowest BCUT2D eigenvalue weighted by Crippen LogP contribution is -2.43. The molecule has 0 bridgehead atoms. The molecule has 12 nitrogen and oxygen atoms in total. The van der Waals surface area contributed by atoms with Crippen LogP contribution < -0.4 is 15.4 Å². The van der Waals surface area contributed by atoms with Crippen molar-refractivity contribution in [2.45, 2.75) is 56.8 Å². The highest BCUT2D eigenvalue weighted by molar-refractivity contribution is 5.92. The topological polar surface area (TPSA) is 126 Å². The van der Waals surface area contributed by atoms with E-state index in [1.54, 1.807) is 18.0 Å². The van der Waals surface area contributed by atoms with Crippen LogP contribution in [0.2, 0.25) is 0 Å². The number of fused-ring (bicyclic) bond motifs is 2. The van der Waals surface area contributed by atoms with Gasteiger partial charge in [0.05, 0.1) is 29.7 Å². The fourth-order valence-corrected chi connectivity index (χ4v) is 8.03. The number of likely N-dealkylation sites (N-methyl/N-ethyl adjacent to an activating group) is 1. The molecule has 0 aliphatic carbocycles. The maximum atomic E-state index is 16.6. The first-order valence-electron chi connectivity index (χ1n) is 17.5. The van der Waals surface area contributed by atoms with E-state index in [4.69, 9.17) is 20.2 Å². The number of anilines is 2. The zero-order chi connectivity index (χ0) is 35.9. The third kappa shape index (κ3) is 7.05. The molecule has 2 N–H and O–H groups in total. The van der Waals surface area contributed by atoms with Gasteiger partial charge in [-0.2, -0.15) is 23.1 Å². The van der Waals surface area contributed by atoms with E-state index in [1.807, 2.05) is 11.0 Å². The van der Waals surface area contributed by atoms with Crippen LogP contribution >= 0.6 is 0 Å². The summed E-state index contributed by atoms with van der Waals surface area (Å²) in [5.41, 5.74) is 2.78. The number of alkyl halides is 3. The third-order valence-electron chi connectivity index (χ3n) is 10.8. The average molecular weight is 714 g/mol. The number of morpholine rings is 1. The molecule has 4 fully saturated rings. The summed E-state index contributed by atoms with van der Waals surface area (Å²) in [6.07, 6.45) is 4.53. The molecule has 1 atom stereocenters. The minimum Gasteiger partial charge on any atom is -0.461 e. The summed E-state index contributed by atoms with van der Waals surface area (Å²) in [6, 6.07) is 0.818. The van der Waals surface area contributed by atoms with Crippen LogP contribution in [0.1, 0.15) is 43.2 Å². The third-order valence-corrected chi connectivity index (χ3v) is 10.8. The van der Waals surface area contributed by atoms with Gasteiger partial charge in [0, 0.05) is 58.1 Å². The standard InChI is InChI=1S/C35H43F4N9O3/c1-22-18-25(40)42-30(27(22)35(37,38)39)31-28(36)29-24(19-41-31)32(44-33(43-29)51-21-34-8-4-11-48(34)12-5-9-34)45(2)23-7-13-47(20-23)26(49)6-3-10-46-14-16-50-17-15-46/h3,6,18-19,23H,4-5,7-17,20-21H2,1-2H3,(H2,40,42)/b6-3+. The molecule has 51 heavy (non-hydrogen) atoms. The molecule has 0 saturated carbocycles. The van der Waals surface area contributed by atoms with E-state index in [0.717, 1.165) is 57.9 Å². The zero-order valence-corrected chi connectivity index (χ0v) is 28.9. The van der Waals surface area contributed by atoms with E-state index >= 15 is 4.39 Å². The second kappa shape index (κ2) is 14.1. The maximum Gasteiger partial charge on any atom is 0.418 e. The number of nitrogens with two attached hydrogens (primary N) is 1. The van der Waals surface area contributed by atoms with E-state index in [9.17, 15) is 18.0 Å². The SMILES string of the molecule is Cc1cc(N)nc(-c2ncc3c(N(C)C4CCN(C(=O)/C=C/CN5CCOCC5)C4)nc(OCC45CCCN4CCC5)nc3c2F)c1C(F)(F)F. The summed E-state index contributed by atoms with van der Waals surface area (Å²) in [4.78, 5) is 38.6. The average Bonchev–Trinajstić information content (AvgIpc) is 3.84. The van der Waals surface area contributed by atoms with Gasteiger partial charge < -0.3 is 25.0 Å². The highest BCUT2D eigenvalue weighted by Crippen LogP contribution is 2.42. The van der Waals surface area contributed by atoms with Crippen LogP contribution in [0.3, 0.4) is 0 Å². The second-order valence-electron chi connectivity index (χ2n) is 14.0. The summed E-state index contributed by atoms with van der Waals surface area (Å²) < 4.78 is 71.0. The Labute approximate surface area is 293 Å². The number of rotatable bonds is 9. The van der Waals surface area contributed by atoms with E-state index < -0.39 is 28.9 Å². The Bertz CT molecular complexity index is 1810. The van der Waals surface area contributed by atoms with Crippen LogP contribution in [-0.2, 0) is 15.7 Å². The Morgan fingerprint density at radius 3 is 2.59 bits per heavy atom. The number of pyridine rings is 2. The first-order chi connectivity index (χ1) is 24.4. The van der Waals surface area contributed by atoms with Crippen LogP contribution in [0.25, 0.3) is 22.3 Å². The van der Waals surface area contributed by atoms with Gasteiger partial charge in [-0.1, -0.05) is 6.08 Å². The number of likely N-dealkylation sites (tertiary alicyclic amines) is 1. The van der Waals surface area contributed by atoms with Crippen molar-refractivity contribution in [3.8, 4) is 17.4 Å². The van der Waals surface area contributed by atoms with Crippen molar-refractivity contribution in [3.63, 3.8) is 0 Å². The van der Waals surface area contributed by atoms with E-state index in [1.165, 1.54) is 13.1 Å². The molecule has 0 aromatic carbocycles.